The summed E-state index contributed by atoms with van der Waals surface area (Å²) in [5, 5.41) is 4.02. The van der Waals surface area contributed by atoms with Crippen molar-refractivity contribution in [2.24, 2.45) is 0 Å². The van der Waals surface area contributed by atoms with Gasteiger partial charge >= 0.3 is 0 Å². The number of nitrogens with one attached hydrogen (secondary N) is 1. The Morgan fingerprint density at radius 3 is 2.88 bits per heavy atom. The summed E-state index contributed by atoms with van der Waals surface area (Å²) in [5.41, 5.74) is 2.48. The van der Waals surface area contributed by atoms with E-state index in [0.29, 0.717) is 31.2 Å². The molecule has 0 fully saturated rings. The van der Waals surface area contributed by atoms with Gasteiger partial charge in [0.15, 0.2) is 5.76 Å². The van der Waals surface area contributed by atoms with Gasteiger partial charge in [-0.25, -0.2) is 0 Å². The van der Waals surface area contributed by atoms with E-state index in [1.54, 1.807) is 0 Å². The molecule has 134 valence electrons. The van der Waals surface area contributed by atoms with E-state index in [0.717, 1.165) is 28.7 Å². The first-order chi connectivity index (χ1) is 12.8. The Morgan fingerprint density at radius 2 is 2.00 bits per heavy atom. The highest BCUT2D eigenvalue weighted by atomic mass is 16.5. The SMILES string of the molecule is CCOCc1c(C(=O)NC2CCOc3ccccc32)oc2ccccc12. The number of ether oxygens (including phenoxy) is 2. The molecule has 0 aliphatic carbocycles. The number of hydrogen-bond donors (Lipinski definition) is 1. The van der Waals surface area contributed by atoms with Crippen molar-refractivity contribution in [1.82, 2.24) is 5.32 Å². The van der Waals surface area contributed by atoms with Crippen molar-refractivity contribution in [2.75, 3.05) is 13.2 Å². The molecule has 0 saturated carbocycles. The highest BCUT2D eigenvalue weighted by Gasteiger charge is 2.26. The molecule has 4 rings (SSSR count). The van der Waals surface area contributed by atoms with Crippen LogP contribution in [0.2, 0.25) is 0 Å². The molecule has 1 aliphatic heterocycles. The summed E-state index contributed by atoms with van der Waals surface area (Å²) in [6.07, 6.45) is 0.726. The fourth-order valence-electron chi connectivity index (χ4n) is 3.35. The van der Waals surface area contributed by atoms with Crippen molar-refractivity contribution >= 4 is 16.9 Å². The first-order valence-corrected chi connectivity index (χ1v) is 8.88. The average Bonchev–Trinajstić information content (AvgIpc) is 3.05. The normalized spacial score (nSPS) is 16.1. The van der Waals surface area contributed by atoms with Crippen LogP contribution in [0.1, 0.15) is 41.1 Å². The maximum Gasteiger partial charge on any atom is 0.287 e. The van der Waals surface area contributed by atoms with Gasteiger partial charge in [-0.2, -0.15) is 0 Å². The molecule has 0 bridgehead atoms. The van der Waals surface area contributed by atoms with Crippen LogP contribution in [0.15, 0.2) is 52.9 Å². The molecule has 26 heavy (non-hydrogen) atoms. The van der Waals surface area contributed by atoms with Gasteiger partial charge in [-0.05, 0) is 19.1 Å². The molecule has 1 aliphatic rings. The van der Waals surface area contributed by atoms with Gasteiger partial charge in [-0.15, -0.1) is 0 Å². The molecule has 1 unspecified atom stereocenters. The second-order valence-corrected chi connectivity index (χ2v) is 6.24. The lowest BCUT2D eigenvalue weighted by Crippen LogP contribution is -2.32. The van der Waals surface area contributed by atoms with Gasteiger partial charge in [0, 0.05) is 29.5 Å². The molecule has 0 radical (unpaired) electrons. The number of carbonyl (C=O) groups excluding carboxylic acids is 1. The number of benzene rings is 2. The standard InChI is InChI=1S/C21H21NO4/c1-2-24-13-16-14-7-3-6-10-19(14)26-20(16)21(23)22-17-11-12-25-18-9-5-4-8-15(17)18/h3-10,17H,2,11-13H2,1H3,(H,22,23). The van der Waals surface area contributed by atoms with Crippen LogP contribution in [-0.4, -0.2) is 19.1 Å². The molecule has 5 heteroatoms. The lowest BCUT2D eigenvalue weighted by Gasteiger charge is -2.26. The Hall–Kier alpha value is -2.79. The summed E-state index contributed by atoms with van der Waals surface area (Å²) in [5.74, 6) is 0.921. The average molecular weight is 351 g/mol. The number of fused-ring (bicyclic) bond motifs is 2. The Bertz CT molecular complexity index is 931. The predicted octanol–water partition coefficient (Wildman–Crippen LogP) is 4.22. The number of amides is 1. The molecule has 5 nitrogen and oxygen atoms in total. The Kier molecular flexibility index (Phi) is 4.63. The summed E-state index contributed by atoms with van der Waals surface area (Å²) < 4.78 is 17.1. The fraction of sp³-hybridized carbons (Fsp3) is 0.286. The van der Waals surface area contributed by atoms with Crippen molar-refractivity contribution in [3.63, 3.8) is 0 Å². The van der Waals surface area contributed by atoms with E-state index in [2.05, 4.69) is 5.32 Å². The van der Waals surface area contributed by atoms with Gasteiger partial charge in [-0.1, -0.05) is 36.4 Å². The lowest BCUT2D eigenvalue weighted by molar-refractivity contribution is 0.0886. The number of para-hydroxylation sites is 2. The van der Waals surface area contributed by atoms with E-state index in [-0.39, 0.29) is 11.9 Å². The van der Waals surface area contributed by atoms with E-state index >= 15 is 0 Å². The first kappa shape index (κ1) is 16.7. The third-order valence-corrected chi connectivity index (χ3v) is 4.62. The fourth-order valence-corrected chi connectivity index (χ4v) is 3.35. The summed E-state index contributed by atoms with van der Waals surface area (Å²) in [6, 6.07) is 15.3. The van der Waals surface area contributed by atoms with Crippen LogP contribution in [-0.2, 0) is 11.3 Å². The van der Waals surface area contributed by atoms with Crippen LogP contribution in [0.25, 0.3) is 11.0 Å². The van der Waals surface area contributed by atoms with Crippen LogP contribution in [0.4, 0.5) is 0 Å². The monoisotopic (exact) mass is 351 g/mol. The Morgan fingerprint density at radius 1 is 1.19 bits per heavy atom. The number of furan rings is 1. The summed E-state index contributed by atoms with van der Waals surface area (Å²) in [7, 11) is 0. The van der Waals surface area contributed by atoms with Gasteiger partial charge in [-0.3, -0.25) is 4.79 Å². The molecule has 1 N–H and O–H groups in total. The van der Waals surface area contributed by atoms with Crippen LogP contribution >= 0.6 is 0 Å². The molecule has 0 saturated heterocycles. The minimum atomic E-state index is -0.224. The maximum atomic E-state index is 13.0. The van der Waals surface area contributed by atoms with E-state index < -0.39 is 0 Å². The van der Waals surface area contributed by atoms with Crippen LogP contribution < -0.4 is 10.1 Å². The molecule has 2 heterocycles. The highest BCUT2D eigenvalue weighted by Crippen LogP contribution is 2.33. The molecule has 3 aromatic rings. The van der Waals surface area contributed by atoms with Gasteiger partial charge in [0.25, 0.3) is 5.91 Å². The molecule has 1 atom stereocenters. The lowest BCUT2D eigenvalue weighted by atomic mass is 10.0. The molecule has 2 aromatic carbocycles. The van der Waals surface area contributed by atoms with Crippen LogP contribution in [0, 0.1) is 0 Å². The quantitative estimate of drug-likeness (QED) is 0.747. The Balaban J connectivity index is 1.65. The summed E-state index contributed by atoms with van der Waals surface area (Å²) >= 11 is 0. The molecule has 0 spiro atoms. The van der Waals surface area contributed by atoms with Gasteiger partial charge in [0.05, 0.1) is 19.3 Å². The number of carbonyl (C=O) groups is 1. The topological polar surface area (TPSA) is 60.7 Å². The second kappa shape index (κ2) is 7.22. The van der Waals surface area contributed by atoms with E-state index in [1.807, 2.05) is 55.5 Å². The summed E-state index contributed by atoms with van der Waals surface area (Å²) in [4.78, 5) is 13.0. The molecular weight excluding hydrogens is 330 g/mol. The van der Waals surface area contributed by atoms with E-state index in [1.165, 1.54) is 0 Å². The second-order valence-electron chi connectivity index (χ2n) is 6.24. The zero-order chi connectivity index (χ0) is 17.9. The molecule has 1 amide bonds. The predicted molar refractivity (Wildman–Crippen MR) is 98.3 cm³/mol. The zero-order valence-electron chi connectivity index (χ0n) is 14.7. The van der Waals surface area contributed by atoms with Gasteiger partial charge in [0.1, 0.15) is 11.3 Å². The number of hydrogen-bond acceptors (Lipinski definition) is 4. The Labute approximate surface area is 151 Å². The van der Waals surface area contributed by atoms with Crippen molar-refractivity contribution in [1.29, 1.82) is 0 Å². The highest BCUT2D eigenvalue weighted by molar-refractivity contribution is 5.99. The van der Waals surface area contributed by atoms with Gasteiger partial charge < -0.3 is 19.2 Å². The van der Waals surface area contributed by atoms with Gasteiger partial charge in [0.2, 0.25) is 0 Å². The van der Waals surface area contributed by atoms with Crippen molar-refractivity contribution in [3.8, 4) is 5.75 Å². The van der Waals surface area contributed by atoms with Crippen molar-refractivity contribution in [3.05, 3.63) is 65.4 Å². The first-order valence-electron chi connectivity index (χ1n) is 8.88. The zero-order valence-corrected chi connectivity index (χ0v) is 14.7. The largest absolute Gasteiger partial charge is 0.493 e. The maximum absolute atomic E-state index is 13.0. The van der Waals surface area contributed by atoms with Crippen LogP contribution in [0.5, 0.6) is 5.75 Å². The van der Waals surface area contributed by atoms with Crippen molar-refractivity contribution < 1.29 is 18.7 Å². The molecular formula is C21H21NO4. The number of rotatable bonds is 5. The summed E-state index contributed by atoms with van der Waals surface area (Å²) in [6.45, 7) is 3.43. The third kappa shape index (κ3) is 3.06. The minimum Gasteiger partial charge on any atom is -0.493 e. The third-order valence-electron chi connectivity index (χ3n) is 4.62. The smallest absolute Gasteiger partial charge is 0.287 e. The van der Waals surface area contributed by atoms with Crippen molar-refractivity contribution in [2.45, 2.75) is 26.0 Å². The molecule has 1 aromatic heterocycles. The van der Waals surface area contributed by atoms with Crippen LogP contribution in [0.3, 0.4) is 0 Å². The van der Waals surface area contributed by atoms with E-state index in [9.17, 15) is 4.79 Å². The minimum absolute atomic E-state index is 0.0967. The van der Waals surface area contributed by atoms with E-state index in [4.69, 9.17) is 13.9 Å².